The minimum atomic E-state index is -5.18. The summed E-state index contributed by atoms with van der Waals surface area (Å²) in [4.78, 5) is 64.8. The fourth-order valence-corrected chi connectivity index (χ4v) is 4.84. The molecule has 2 rings (SSSR count). The Balaban J connectivity index is 2.25. The van der Waals surface area contributed by atoms with Gasteiger partial charge in [-0.25, -0.2) is 0 Å². The van der Waals surface area contributed by atoms with Gasteiger partial charge >= 0.3 is 18.1 Å². The molecule has 0 aromatic rings. The van der Waals surface area contributed by atoms with Crippen molar-refractivity contribution < 1.29 is 42.3 Å². The Labute approximate surface area is 201 Å². The van der Waals surface area contributed by atoms with Crippen LogP contribution in [0.15, 0.2) is 0 Å². The summed E-state index contributed by atoms with van der Waals surface area (Å²) in [6.45, 7) is 4.10. The number of likely N-dealkylation sites (N-methyl/N-ethyl adjacent to an activating group) is 1. The van der Waals surface area contributed by atoms with Gasteiger partial charge in [-0.2, -0.15) is 13.2 Å². The molecule has 1 saturated carbocycles. The highest BCUT2D eigenvalue weighted by Crippen LogP contribution is 2.33. The monoisotopic (exact) mass is 506 g/mol. The molecule has 1 heterocycles. The SMILES string of the molecule is CC(C)[C@@H](C(=O)N[C@@H](CC(=O)O)C(=O)N1CCCC1)N(C)C(=O)C1(NC(=O)C(F)(F)F)CCCC1. The lowest BCUT2D eigenvalue weighted by Crippen LogP contribution is -2.64. The van der Waals surface area contributed by atoms with Gasteiger partial charge in [-0.05, 0) is 31.6 Å². The number of nitrogens with one attached hydrogen (secondary N) is 2. The van der Waals surface area contributed by atoms with E-state index in [4.69, 9.17) is 0 Å². The van der Waals surface area contributed by atoms with Gasteiger partial charge in [-0.3, -0.25) is 24.0 Å². The zero-order chi connectivity index (χ0) is 26.6. The summed E-state index contributed by atoms with van der Waals surface area (Å²) in [5.41, 5.74) is -1.80. The van der Waals surface area contributed by atoms with Crippen molar-refractivity contribution in [2.24, 2.45) is 5.92 Å². The Morgan fingerprint density at radius 2 is 1.57 bits per heavy atom. The molecule has 1 aliphatic heterocycles. The van der Waals surface area contributed by atoms with Gasteiger partial charge in [0.05, 0.1) is 6.42 Å². The van der Waals surface area contributed by atoms with Crippen LogP contribution in [0, 0.1) is 5.92 Å². The van der Waals surface area contributed by atoms with Crippen LogP contribution < -0.4 is 10.6 Å². The molecule has 13 heteroatoms. The molecule has 4 amide bonds. The first-order chi connectivity index (χ1) is 16.2. The van der Waals surface area contributed by atoms with E-state index in [-0.39, 0.29) is 12.8 Å². The third-order valence-electron chi connectivity index (χ3n) is 6.53. The smallest absolute Gasteiger partial charge is 0.471 e. The van der Waals surface area contributed by atoms with Crippen LogP contribution >= 0.6 is 0 Å². The first-order valence-electron chi connectivity index (χ1n) is 11.7. The molecular formula is C22H33F3N4O6. The van der Waals surface area contributed by atoms with Gasteiger partial charge < -0.3 is 25.5 Å². The first-order valence-corrected chi connectivity index (χ1v) is 11.7. The predicted molar refractivity (Wildman–Crippen MR) is 117 cm³/mol. The number of nitrogens with zero attached hydrogens (tertiary/aromatic N) is 2. The molecule has 1 saturated heterocycles. The molecule has 3 N–H and O–H groups in total. The molecular weight excluding hydrogens is 473 g/mol. The van der Waals surface area contributed by atoms with Gasteiger partial charge in [0.25, 0.3) is 0 Å². The van der Waals surface area contributed by atoms with Gasteiger partial charge in [0, 0.05) is 20.1 Å². The topological polar surface area (TPSA) is 136 Å². The maximum atomic E-state index is 13.4. The quantitative estimate of drug-likeness (QED) is 0.428. The summed E-state index contributed by atoms with van der Waals surface area (Å²) in [5.74, 6) is -6.25. The van der Waals surface area contributed by atoms with Gasteiger partial charge in [0.2, 0.25) is 17.7 Å². The molecule has 2 aliphatic rings. The number of rotatable bonds is 9. The van der Waals surface area contributed by atoms with Crippen LogP contribution in [0.5, 0.6) is 0 Å². The summed E-state index contributed by atoms with van der Waals surface area (Å²) in [6, 6.07) is -2.57. The molecule has 35 heavy (non-hydrogen) atoms. The van der Waals surface area contributed by atoms with Crippen molar-refractivity contribution in [1.29, 1.82) is 0 Å². The molecule has 1 aliphatic carbocycles. The van der Waals surface area contributed by atoms with Crippen molar-refractivity contribution in [3.8, 4) is 0 Å². The Hall–Kier alpha value is -2.86. The van der Waals surface area contributed by atoms with Crippen molar-refractivity contribution in [2.75, 3.05) is 20.1 Å². The Kier molecular flexibility index (Phi) is 9.12. The molecule has 2 atom stereocenters. The fraction of sp³-hybridized carbons (Fsp3) is 0.773. The first kappa shape index (κ1) is 28.4. The minimum Gasteiger partial charge on any atom is -0.481 e. The van der Waals surface area contributed by atoms with Gasteiger partial charge in [0.1, 0.15) is 17.6 Å². The summed E-state index contributed by atoms with van der Waals surface area (Å²) < 4.78 is 38.8. The van der Waals surface area contributed by atoms with E-state index in [1.165, 1.54) is 11.9 Å². The van der Waals surface area contributed by atoms with Crippen molar-refractivity contribution in [3.63, 3.8) is 0 Å². The lowest BCUT2D eigenvalue weighted by Gasteiger charge is -2.38. The van der Waals surface area contributed by atoms with E-state index in [9.17, 15) is 42.3 Å². The Morgan fingerprint density at radius 3 is 2.03 bits per heavy atom. The van der Waals surface area contributed by atoms with Crippen molar-refractivity contribution in [3.05, 3.63) is 0 Å². The fourth-order valence-electron chi connectivity index (χ4n) is 4.84. The summed E-state index contributed by atoms with van der Waals surface area (Å²) >= 11 is 0. The molecule has 0 unspecified atom stereocenters. The van der Waals surface area contributed by atoms with E-state index in [1.807, 2.05) is 5.32 Å². The molecule has 0 spiro atoms. The number of alkyl halides is 3. The second kappa shape index (κ2) is 11.3. The van der Waals surface area contributed by atoms with E-state index >= 15 is 0 Å². The van der Waals surface area contributed by atoms with Gasteiger partial charge in [-0.15, -0.1) is 0 Å². The third kappa shape index (κ3) is 6.85. The highest BCUT2D eigenvalue weighted by atomic mass is 19.4. The van der Waals surface area contributed by atoms with E-state index < -0.39 is 65.7 Å². The molecule has 0 aromatic heterocycles. The zero-order valence-electron chi connectivity index (χ0n) is 20.1. The molecule has 0 aromatic carbocycles. The summed E-state index contributed by atoms with van der Waals surface area (Å²) in [7, 11) is 1.25. The number of hydrogen-bond acceptors (Lipinski definition) is 5. The number of carbonyl (C=O) groups excluding carboxylic acids is 4. The molecule has 2 fully saturated rings. The van der Waals surface area contributed by atoms with Crippen molar-refractivity contribution >= 4 is 29.6 Å². The highest BCUT2D eigenvalue weighted by Gasteiger charge is 2.51. The molecule has 198 valence electrons. The van der Waals surface area contributed by atoms with Crippen molar-refractivity contribution in [1.82, 2.24) is 20.4 Å². The van der Waals surface area contributed by atoms with Crippen LogP contribution in [0.1, 0.15) is 58.8 Å². The van der Waals surface area contributed by atoms with Crippen LogP contribution in [0.4, 0.5) is 13.2 Å². The lowest BCUT2D eigenvalue weighted by atomic mass is 9.92. The number of carboxylic acids is 1. The Bertz CT molecular complexity index is 836. The van der Waals surface area contributed by atoms with Gasteiger partial charge in [-0.1, -0.05) is 26.7 Å². The summed E-state index contributed by atoms with van der Waals surface area (Å²) in [6.07, 6.45) is -3.51. The van der Waals surface area contributed by atoms with Crippen LogP contribution in [-0.4, -0.2) is 88.4 Å². The molecule has 10 nitrogen and oxygen atoms in total. The number of carboxylic acid groups (broad SMARTS) is 1. The lowest BCUT2D eigenvalue weighted by molar-refractivity contribution is -0.177. The predicted octanol–water partition coefficient (Wildman–Crippen LogP) is 1.04. The van der Waals surface area contributed by atoms with E-state index in [2.05, 4.69) is 5.32 Å². The van der Waals surface area contributed by atoms with Crippen LogP contribution in [0.2, 0.25) is 0 Å². The van der Waals surface area contributed by atoms with Crippen LogP contribution in [0.3, 0.4) is 0 Å². The Morgan fingerprint density at radius 1 is 1.03 bits per heavy atom. The minimum absolute atomic E-state index is 0.0144. The van der Waals surface area contributed by atoms with Crippen LogP contribution in [-0.2, 0) is 24.0 Å². The second-order valence-corrected chi connectivity index (χ2v) is 9.54. The van der Waals surface area contributed by atoms with Crippen molar-refractivity contribution in [2.45, 2.75) is 82.6 Å². The average molecular weight is 507 g/mol. The number of carbonyl (C=O) groups is 5. The van der Waals surface area contributed by atoms with Gasteiger partial charge in [0.15, 0.2) is 0 Å². The van der Waals surface area contributed by atoms with Crippen LogP contribution in [0.25, 0.3) is 0 Å². The largest absolute Gasteiger partial charge is 0.481 e. The zero-order valence-corrected chi connectivity index (χ0v) is 20.1. The number of amides is 4. The third-order valence-corrected chi connectivity index (χ3v) is 6.53. The number of halogens is 3. The maximum absolute atomic E-state index is 13.4. The standard InChI is InChI=1S/C22H33F3N4O6/c1-13(2)16(17(32)26-14(12-15(30)31)18(33)29-10-6-7-11-29)28(3)20(35)21(8-4-5-9-21)27-19(34)22(23,24)25/h13-14,16H,4-12H2,1-3H3,(H,26,32)(H,27,34)(H,30,31)/t14-,16-/m0/s1. The number of likely N-dealkylation sites (tertiary alicyclic amines) is 1. The molecule has 0 bridgehead atoms. The second-order valence-electron chi connectivity index (χ2n) is 9.54. The summed E-state index contributed by atoms with van der Waals surface area (Å²) in [5, 5.41) is 13.5. The van der Waals surface area contributed by atoms with E-state index in [0.717, 1.165) is 17.7 Å². The highest BCUT2D eigenvalue weighted by molar-refractivity contribution is 5.97. The van der Waals surface area contributed by atoms with E-state index in [0.29, 0.717) is 25.9 Å². The molecule has 0 radical (unpaired) electrons. The normalized spacial score (nSPS) is 19.2. The number of aliphatic carboxylic acids is 1. The maximum Gasteiger partial charge on any atom is 0.471 e. The average Bonchev–Trinajstić information content (AvgIpc) is 3.43. The number of hydrogen-bond donors (Lipinski definition) is 3. The van der Waals surface area contributed by atoms with E-state index in [1.54, 1.807) is 13.8 Å².